The van der Waals surface area contributed by atoms with E-state index in [1.54, 1.807) is 6.07 Å². The van der Waals surface area contributed by atoms with E-state index in [0.717, 1.165) is 17.0 Å². The molecule has 4 heteroatoms. The van der Waals surface area contributed by atoms with Crippen molar-refractivity contribution in [3.8, 4) is 0 Å². The van der Waals surface area contributed by atoms with Gasteiger partial charge in [0.25, 0.3) is 0 Å². The quantitative estimate of drug-likeness (QED) is 0.549. The van der Waals surface area contributed by atoms with Crippen LogP contribution < -0.4 is 0 Å². The molecule has 1 aromatic heterocycles. The Kier molecular flexibility index (Phi) is 2.94. The number of hydrogen-bond acceptors (Lipinski definition) is 1. The Bertz CT molecular complexity index is 697. The van der Waals surface area contributed by atoms with E-state index in [9.17, 15) is 8.78 Å². The molecule has 3 rings (SSSR count). The zero-order valence-electron chi connectivity index (χ0n) is 8.65. The highest BCUT2D eigenvalue weighted by atomic mass is 35.5. The summed E-state index contributed by atoms with van der Waals surface area (Å²) in [7, 11) is 0. The van der Waals surface area contributed by atoms with E-state index in [2.05, 4.69) is 4.98 Å². The minimum atomic E-state index is -0.843. The maximum atomic E-state index is 13.5. The molecule has 0 radical (unpaired) electrons. The molecule has 0 fully saturated rings. The lowest BCUT2D eigenvalue weighted by atomic mass is 10.1. The van der Waals surface area contributed by atoms with Crippen LogP contribution in [0.4, 0.5) is 8.78 Å². The number of para-hydroxylation sites is 1. The normalized spacial score (nSPS) is 10.5. The first-order chi connectivity index (χ1) is 7.75. The Morgan fingerprint density at radius 1 is 0.882 bits per heavy atom. The van der Waals surface area contributed by atoms with Crippen LogP contribution in [0.2, 0.25) is 0 Å². The fraction of sp³-hybridized carbons (Fsp3) is 0. The van der Waals surface area contributed by atoms with Gasteiger partial charge in [-0.2, -0.15) is 0 Å². The van der Waals surface area contributed by atoms with Crippen molar-refractivity contribution in [1.82, 2.24) is 4.98 Å². The van der Waals surface area contributed by atoms with Gasteiger partial charge < -0.3 is 0 Å². The molecule has 2 aromatic carbocycles. The average Bonchev–Trinajstić information content (AvgIpc) is 2.32. The highest BCUT2D eigenvalue weighted by Gasteiger charge is 2.08. The van der Waals surface area contributed by atoms with Gasteiger partial charge in [-0.3, -0.25) is 0 Å². The van der Waals surface area contributed by atoms with Crippen LogP contribution >= 0.6 is 12.4 Å². The minimum absolute atomic E-state index is 0. The standard InChI is InChI=1S/C13H7F2N.ClH/c14-10-5-6-12-9(13(10)15)7-8-3-1-2-4-11(8)16-12;/h1-7H;1H. The van der Waals surface area contributed by atoms with E-state index in [1.165, 1.54) is 6.07 Å². The van der Waals surface area contributed by atoms with Crippen LogP contribution in [-0.2, 0) is 0 Å². The monoisotopic (exact) mass is 251 g/mol. The van der Waals surface area contributed by atoms with Crippen LogP contribution in [0, 0.1) is 11.6 Å². The summed E-state index contributed by atoms with van der Waals surface area (Å²) in [4.78, 5) is 4.27. The fourth-order valence-electron chi connectivity index (χ4n) is 1.79. The maximum Gasteiger partial charge on any atom is 0.168 e. The molecule has 0 aliphatic carbocycles. The lowest BCUT2D eigenvalue weighted by molar-refractivity contribution is 0.517. The van der Waals surface area contributed by atoms with Crippen LogP contribution in [0.25, 0.3) is 21.8 Å². The molecule has 0 bridgehead atoms. The van der Waals surface area contributed by atoms with Crippen LogP contribution in [-0.4, -0.2) is 4.98 Å². The van der Waals surface area contributed by atoms with Crippen LogP contribution in [0.15, 0.2) is 42.5 Å². The number of rotatable bonds is 0. The second kappa shape index (κ2) is 4.26. The minimum Gasteiger partial charge on any atom is -0.248 e. The van der Waals surface area contributed by atoms with Gasteiger partial charge in [0, 0.05) is 10.8 Å². The Balaban J connectivity index is 0.00000108. The van der Waals surface area contributed by atoms with Gasteiger partial charge in [0.1, 0.15) is 0 Å². The molecule has 0 aliphatic rings. The molecule has 0 aliphatic heterocycles. The maximum absolute atomic E-state index is 13.5. The summed E-state index contributed by atoms with van der Waals surface area (Å²) in [6, 6.07) is 11.6. The fourth-order valence-corrected chi connectivity index (χ4v) is 1.79. The number of pyridine rings is 1. The lowest BCUT2D eigenvalue weighted by Crippen LogP contribution is -1.89. The van der Waals surface area contributed by atoms with Gasteiger partial charge in [-0.1, -0.05) is 18.2 Å². The van der Waals surface area contributed by atoms with Crippen molar-refractivity contribution in [2.45, 2.75) is 0 Å². The zero-order valence-corrected chi connectivity index (χ0v) is 9.47. The number of aromatic nitrogens is 1. The van der Waals surface area contributed by atoms with Crippen molar-refractivity contribution in [3.63, 3.8) is 0 Å². The van der Waals surface area contributed by atoms with Crippen LogP contribution in [0.3, 0.4) is 0 Å². The van der Waals surface area contributed by atoms with E-state index in [4.69, 9.17) is 0 Å². The third-order valence-electron chi connectivity index (χ3n) is 2.59. The predicted octanol–water partition coefficient (Wildman–Crippen LogP) is 4.09. The molecule has 0 saturated carbocycles. The van der Waals surface area contributed by atoms with Crippen molar-refractivity contribution in [2.75, 3.05) is 0 Å². The van der Waals surface area contributed by atoms with Gasteiger partial charge in [0.2, 0.25) is 0 Å². The van der Waals surface area contributed by atoms with Crippen molar-refractivity contribution < 1.29 is 8.78 Å². The number of fused-ring (bicyclic) bond motifs is 2. The summed E-state index contributed by atoms with van der Waals surface area (Å²) in [6.07, 6.45) is 0. The Hall–Kier alpha value is -1.74. The smallest absolute Gasteiger partial charge is 0.168 e. The number of nitrogens with zero attached hydrogens (tertiary/aromatic N) is 1. The highest BCUT2D eigenvalue weighted by Crippen LogP contribution is 2.23. The van der Waals surface area contributed by atoms with E-state index in [1.807, 2.05) is 24.3 Å². The Morgan fingerprint density at radius 3 is 2.47 bits per heavy atom. The largest absolute Gasteiger partial charge is 0.248 e. The zero-order chi connectivity index (χ0) is 11.1. The number of hydrogen-bond donors (Lipinski definition) is 0. The molecule has 0 N–H and O–H groups in total. The average molecular weight is 252 g/mol. The summed E-state index contributed by atoms with van der Waals surface area (Å²) in [5, 5.41) is 1.03. The lowest BCUT2D eigenvalue weighted by Gasteiger charge is -2.02. The first-order valence-corrected chi connectivity index (χ1v) is 4.89. The summed E-state index contributed by atoms with van der Waals surface area (Å²) >= 11 is 0. The van der Waals surface area contributed by atoms with Gasteiger partial charge in [0.15, 0.2) is 11.6 Å². The first-order valence-electron chi connectivity index (χ1n) is 4.89. The van der Waals surface area contributed by atoms with Crippen molar-refractivity contribution in [2.24, 2.45) is 0 Å². The first kappa shape index (κ1) is 11.7. The summed E-state index contributed by atoms with van der Waals surface area (Å²) < 4.78 is 26.6. The van der Waals surface area contributed by atoms with Gasteiger partial charge in [-0.15, -0.1) is 12.4 Å². The van der Waals surface area contributed by atoms with Gasteiger partial charge >= 0.3 is 0 Å². The molecule has 0 amide bonds. The molecule has 0 atom stereocenters. The van der Waals surface area contributed by atoms with Gasteiger partial charge in [-0.25, -0.2) is 13.8 Å². The Labute approximate surface area is 102 Å². The van der Waals surface area contributed by atoms with Crippen LogP contribution in [0.5, 0.6) is 0 Å². The summed E-state index contributed by atoms with van der Waals surface area (Å²) in [6.45, 7) is 0. The Morgan fingerprint density at radius 2 is 1.65 bits per heavy atom. The second-order valence-electron chi connectivity index (χ2n) is 3.61. The highest BCUT2D eigenvalue weighted by molar-refractivity contribution is 5.92. The second-order valence-corrected chi connectivity index (χ2v) is 3.61. The van der Waals surface area contributed by atoms with Crippen molar-refractivity contribution in [3.05, 3.63) is 54.1 Å². The molecule has 3 aromatic rings. The molecule has 0 unspecified atom stereocenters. The molecular formula is C13H8ClF2N. The predicted molar refractivity (Wildman–Crippen MR) is 66.4 cm³/mol. The SMILES string of the molecule is Cl.Fc1ccc2nc3ccccc3cc2c1F. The van der Waals surface area contributed by atoms with Crippen molar-refractivity contribution in [1.29, 1.82) is 0 Å². The van der Waals surface area contributed by atoms with Gasteiger partial charge in [-0.05, 0) is 24.3 Å². The van der Waals surface area contributed by atoms with E-state index < -0.39 is 11.6 Å². The topological polar surface area (TPSA) is 12.9 Å². The summed E-state index contributed by atoms with van der Waals surface area (Å²) in [5.74, 6) is -1.68. The summed E-state index contributed by atoms with van der Waals surface area (Å²) in [5.41, 5.74) is 1.25. The van der Waals surface area contributed by atoms with E-state index in [0.29, 0.717) is 5.52 Å². The van der Waals surface area contributed by atoms with E-state index >= 15 is 0 Å². The van der Waals surface area contributed by atoms with Crippen molar-refractivity contribution >= 4 is 34.2 Å². The van der Waals surface area contributed by atoms with E-state index in [-0.39, 0.29) is 17.8 Å². The molecule has 0 spiro atoms. The van der Waals surface area contributed by atoms with Crippen LogP contribution in [0.1, 0.15) is 0 Å². The number of benzene rings is 2. The van der Waals surface area contributed by atoms with Gasteiger partial charge in [0.05, 0.1) is 11.0 Å². The molecule has 0 saturated heterocycles. The molecule has 1 nitrogen and oxygen atoms in total. The molecule has 86 valence electrons. The molecular weight excluding hydrogens is 244 g/mol. The third kappa shape index (κ3) is 1.83. The molecule has 17 heavy (non-hydrogen) atoms. The molecule has 1 heterocycles. The third-order valence-corrected chi connectivity index (χ3v) is 2.59. The number of halogens is 3.